The van der Waals surface area contributed by atoms with Crippen LogP contribution in [0.25, 0.3) is 6.08 Å². The third-order valence-electron chi connectivity index (χ3n) is 2.77. The van der Waals surface area contributed by atoms with E-state index in [0.717, 1.165) is 16.3 Å². The first kappa shape index (κ1) is 16.5. The van der Waals surface area contributed by atoms with E-state index in [0.29, 0.717) is 11.3 Å². The number of carbonyl (C=O) groups excluding carboxylic acids is 1. The average Bonchev–Trinajstić information content (AvgIpc) is 2.45. The average molecular weight is 380 g/mol. The summed E-state index contributed by atoms with van der Waals surface area (Å²) in [6.07, 6.45) is 4.30. The molecule has 1 N–H and O–H groups in total. The van der Waals surface area contributed by atoms with Crippen molar-refractivity contribution in [1.29, 1.82) is 0 Å². The first-order valence-corrected chi connectivity index (χ1v) is 9.08. The zero-order chi connectivity index (χ0) is 16.2. The van der Waals surface area contributed by atoms with Crippen LogP contribution in [0, 0.1) is 0 Å². The summed E-state index contributed by atoms with van der Waals surface area (Å²) in [7, 11) is -3.31. The third kappa shape index (κ3) is 5.13. The van der Waals surface area contributed by atoms with Gasteiger partial charge in [0.2, 0.25) is 10.0 Å². The van der Waals surface area contributed by atoms with Gasteiger partial charge in [-0.1, -0.05) is 34.1 Å². The highest BCUT2D eigenvalue weighted by atomic mass is 79.9. The molecule has 0 spiro atoms. The molecule has 22 heavy (non-hydrogen) atoms. The minimum absolute atomic E-state index is 0.145. The smallest absolute Gasteiger partial charge is 0.229 e. The van der Waals surface area contributed by atoms with Gasteiger partial charge in [0.25, 0.3) is 0 Å². The number of nitrogens with one attached hydrogen (secondary N) is 1. The first-order valence-electron chi connectivity index (χ1n) is 6.39. The number of rotatable bonds is 5. The van der Waals surface area contributed by atoms with Crippen LogP contribution in [0.3, 0.4) is 0 Å². The van der Waals surface area contributed by atoms with Crippen molar-refractivity contribution in [2.45, 2.75) is 0 Å². The molecule has 0 aliphatic carbocycles. The fraction of sp³-hybridized carbons (Fsp3) is 0.0625. The van der Waals surface area contributed by atoms with Gasteiger partial charge in [-0.05, 0) is 48.0 Å². The van der Waals surface area contributed by atoms with Crippen molar-refractivity contribution < 1.29 is 13.2 Å². The molecule has 0 aliphatic heterocycles. The molecule has 0 heterocycles. The maximum atomic E-state index is 12.0. The molecule has 0 aromatic heterocycles. The van der Waals surface area contributed by atoms with E-state index in [1.165, 1.54) is 6.08 Å². The van der Waals surface area contributed by atoms with Crippen LogP contribution in [0.4, 0.5) is 5.69 Å². The Bertz CT molecular complexity index is 794. The number of benzene rings is 2. The quantitative estimate of drug-likeness (QED) is 0.635. The van der Waals surface area contributed by atoms with Crippen LogP contribution in [0.5, 0.6) is 0 Å². The van der Waals surface area contributed by atoms with Gasteiger partial charge in [-0.2, -0.15) is 0 Å². The molecule has 0 unspecified atom stereocenters. The Morgan fingerprint density at radius 2 is 1.64 bits per heavy atom. The van der Waals surface area contributed by atoms with E-state index < -0.39 is 10.0 Å². The lowest BCUT2D eigenvalue weighted by atomic mass is 10.1. The van der Waals surface area contributed by atoms with Gasteiger partial charge in [0.05, 0.1) is 6.26 Å². The van der Waals surface area contributed by atoms with E-state index in [4.69, 9.17) is 0 Å². The normalized spacial score (nSPS) is 11.5. The predicted octanol–water partition coefficient (Wildman–Crippen LogP) is 3.72. The maximum absolute atomic E-state index is 12.0. The molecule has 0 radical (unpaired) electrons. The fourth-order valence-corrected chi connectivity index (χ4v) is 2.59. The van der Waals surface area contributed by atoms with Crippen molar-refractivity contribution in [2.24, 2.45) is 0 Å². The summed E-state index contributed by atoms with van der Waals surface area (Å²) in [6.45, 7) is 0. The van der Waals surface area contributed by atoms with Gasteiger partial charge in [0.1, 0.15) is 0 Å². The van der Waals surface area contributed by atoms with Crippen LogP contribution in [0.2, 0.25) is 0 Å². The summed E-state index contributed by atoms with van der Waals surface area (Å²) < 4.78 is 25.5. The number of allylic oxidation sites excluding steroid dienone is 1. The summed E-state index contributed by atoms with van der Waals surface area (Å²) in [6, 6.07) is 13.9. The molecule has 0 fully saturated rings. The van der Waals surface area contributed by atoms with Crippen LogP contribution >= 0.6 is 15.9 Å². The van der Waals surface area contributed by atoms with Crippen LogP contribution < -0.4 is 4.72 Å². The fourth-order valence-electron chi connectivity index (χ4n) is 1.76. The number of hydrogen-bond donors (Lipinski definition) is 1. The number of sulfonamides is 1. The lowest BCUT2D eigenvalue weighted by molar-refractivity contribution is 0.104. The zero-order valence-electron chi connectivity index (χ0n) is 11.8. The first-order chi connectivity index (χ1) is 10.3. The molecule has 0 atom stereocenters. The molecule has 4 nitrogen and oxygen atoms in total. The van der Waals surface area contributed by atoms with Crippen molar-refractivity contribution in [3.05, 3.63) is 70.2 Å². The number of hydrogen-bond acceptors (Lipinski definition) is 3. The zero-order valence-corrected chi connectivity index (χ0v) is 14.2. The second-order valence-corrected chi connectivity index (χ2v) is 7.36. The molecule has 6 heteroatoms. The van der Waals surface area contributed by atoms with E-state index in [1.807, 2.05) is 24.3 Å². The topological polar surface area (TPSA) is 63.2 Å². The lowest BCUT2D eigenvalue weighted by Crippen LogP contribution is -2.09. The van der Waals surface area contributed by atoms with E-state index in [-0.39, 0.29) is 5.78 Å². The van der Waals surface area contributed by atoms with E-state index in [9.17, 15) is 13.2 Å². The molecule has 0 saturated carbocycles. The number of ketones is 1. The Morgan fingerprint density at radius 3 is 2.18 bits per heavy atom. The molecule has 2 aromatic rings. The second kappa shape index (κ2) is 6.89. The van der Waals surface area contributed by atoms with Crippen LogP contribution in [-0.4, -0.2) is 20.5 Å². The summed E-state index contributed by atoms with van der Waals surface area (Å²) in [5, 5.41) is 0. The van der Waals surface area contributed by atoms with Crippen LogP contribution in [0.15, 0.2) is 59.1 Å². The van der Waals surface area contributed by atoms with Crippen molar-refractivity contribution in [2.75, 3.05) is 11.0 Å². The third-order valence-corrected chi connectivity index (χ3v) is 3.90. The highest BCUT2D eigenvalue weighted by Gasteiger charge is 2.04. The van der Waals surface area contributed by atoms with Gasteiger partial charge >= 0.3 is 0 Å². The predicted molar refractivity (Wildman–Crippen MR) is 92.4 cm³/mol. The molecule has 0 saturated heterocycles. The number of anilines is 1. The molecule has 2 aromatic carbocycles. The molecule has 114 valence electrons. The van der Waals surface area contributed by atoms with E-state index >= 15 is 0 Å². The summed E-state index contributed by atoms with van der Waals surface area (Å²) in [5.41, 5.74) is 1.84. The van der Waals surface area contributed by atoms with Crippen molar-refractivity contribution in [3.63, 3.8) is 0 Å². The Labute approximate surface area is 138 Å². The van der Waals surface area contributed by atoms with Crippen LogP contribution in [-0.2, 0) is 10.0 Å². The molecule has 0 aliphatic rings. The Hall–Kier alpha value is -1.92. The molecule has 2 rings (SSSR count). The Morgan fingerprint density at radius 1 is 1.05 bits per heavy atom. The van der Waals surface area contributed by atoms with Crippen molar-refractivity contribution in [1.82, 2.24) is 0 Å². The summed E-state index contributed by atoms with van der Waals surface area (Å²) >= 11 is 3.35. The highest BCUT2D eigenvalue weighted by Crippen LogP contribution is 2.14. The van der Waals surface area contributed by atoms with E-state index in [1.54, 1.807) is 30.3 Å². The van der Waals surface area contributed by atoms with Gasteiger partial charge in [-0.25, -0.2) is 8.42 Å². The highest BCUT2D eigenvalue weighted by molar-refractivity contribution is 9.10. The van der Waals surface area contributed by atoms with Crippen molar-refractivity contribution >= 4 is 43.5 Å². The van der Waals surface area contributed by atoms with Gasteiger partial charge in [0.15, 0.2) is 5.78 Å². The molecule has 0 bridgehead atoms. The SMILES string of the molecule is CS(=O)(=O)Nc1ccc(C(=O)/C=C/c2ccc(Br)cc2)cc1. The Balaban J connectivity index is 2.08. The van der Waals surface area contributed by atoms with E-state index in [2.05, 4.69) is 20.7 Å². The lowest BCUT2D eigenvalue weighted by Gasteiger charge is -2.04. The monoisotopic (exact) mass is 379 g/mol. The van der Waals surface area contributed by atoms with Gasteiger partial charge in [-0.15, -0.1) is 0 Å². The minimum atomic E-state index is -3.31. The van der Waals surface area contributed by atoms with Gasteiger partial charge in [-0.3, -0.25) is 9.52 Å². The standard InChI is InChI=1S/C16H14BrNO3S/c1-22(20,21)18-15-9-5-13(6-10-15)16(19)11-4-12-2-7-14(17)8-3-12/h2-11,18H,1H3/b11-4+. The maximum Gasteiger partial charge on any atom is 0.229 e. The van der Waals surface area contributed by atoms with Gasteiger partial charge in [0, 0.05) is 15.7 Å². The molecule has 0 amide bonds. The largest absolute Gasteiger partial charge is 0.289 e. The molecular weight excluding hydrogens is 366 g/mol. The number of halogens is 1. The summed E-state index contributed by atoms with van der Waals surface area (Å²) in [4.78, 5) is 12.0. The van der Waals surface area contributed by atoms with Gasteiger partial charge < -0.3 is 0 Å². The summed E-state index contributed by atoms with van der Waals surface area (Å²) in [5.74, 6) is -0.145. The molecular formula is C16H14BrNO3S. The number of carbonyl (C=O) groups is 1. The second-order valence-electron chi connectivity index (χ2n) is 4.70. The van der Waals surface area contributed by atoms with Crippen LogP contribution in [0.1, 0.15) is 15.9 Å². The Kier molecular flexibility index (Phi) is 5.15. The van der Waals surface area contributed by atoms with Crippen molar-refractivity contribution in [3.8, 4) is 0 Å². The minimum Gasteiger partial charge on any atom is -0.289 e.